The number of hydrogen-bond acceptors (Lipinski definition) is 3. The number of quaternary nitrogens is 1. The van der Waals surface area contributed by atoms with E-state index >= 15 is 0 Å². The summed E-state index contributed by atoms with van der Waals surface area (Å²) in [4.78, 5) is 24.6. The lowest BCUT2D eigenvalue weighted by molar-refractivity contribution is -0.907. The van der Waals surface area contributed by atoms with Gasteiger partial charge in [0, 0.05) is 6.08 Å². The van der Waals surface area contributed by atoms with E-state index in [1.807, 2.05) is 30.3 Å². The van der Waals surface area contributed by atoms with Crippen LogP contribution < -0.4 is 15.8 Å². The van der Waals surface area contributed by atoms with E-state index in [1.165, 1.54) is 11.0 Å². The van der Waals surface area contributed by atoms with Crippen molar-refractivity contribution in [1.29, 1.82) is 0 Å². The van der Waals surface area contributed by atoms with E-state index < -0.39 is 0 Å². The van der Waals surface area contributed by atoms with Crippen LogP contribution in [0, 0.1) is 0 Å². The lowest BCUT2D eigenvalue weighted by atomic mass is 10.2. The van der Waals surface area contributed by atoms with Gasteiger partial charge in [0.05, 0.1) is 26.2 Å². The number of nitrogens with one attached hydrogen (secondary N) is 3. The molecule has 2 rings (SSSR count). The summed E-state index contributed by atoms with van der Waals surface area (Å²) in [6, 6.07) is 9.50. The Balaban J connectivity index is 1.63. The molecule has 0 aromatic heterocycles. The van der Waals surface area contributed by atoms with Gasteiger partial charge in [-0.1, -0.05) is 30.3 Å². The summed E-state index contributed by atoms with van der Waals surface area (Å²) in [5.41, 5.74) is 5.74. The van der Waals surface area contributed by atoms with Crippen LogP contribution in [0.5, 0.6) is 0 Å². The van der Waals surface area contributed by atoms with Gasteiger partial charge in [-0.25, -0.2) is 0 Å². The van der Waals surface area contributed by atoms with Crippen LogP contribution >= 0.6 is 0 Å². The second-order valence-electron chi connectivity index (χ2n) is 5.14. The number of hydrogen-bond donors (Lipinski definition) is 3. The average Bonchev–Trinajstić information content (AvgIpc) is 2.58. The van der Waals surface area contributed by atoms with Crippen LogP contribution in [0.4, 0.5) is 0 Å². The third kappa shape index (κ3) is 6.07. The average molecular weight is 304 g/mol. The molecule has 1 heterocycles. The fraction of sp³-hybridized carbons (Fsp3) is 0.375. The summed E-state index contributed by atoms with van der Waals surface area (Å²) in [7, 11) is 0. The number of carbonyl (C=O) groups excluding carboxylic acids is 2. The van der Waals surface area contributed by atoms with Crippen LogP contribution in [0.25, 0.3) is 6.08 Å². The molecular weight excluding hydrogens is 282 g/mol. The van der Waals surface area contributed by atoms with Crippen molar-refractivity contribution in [2.24, 2.45) is 0 Å². The van der Waals surface area contributed by atoms with Gasteiger partial charge in [0.1, 0.15) is 13.1 Å². The van der Waals surface area contributed by atoms with Crippen LogP contribution in [0.15, 0.2) is 36.4 Å². The maximum absolute atomic E-state index is 11.7. The van der Waals surface area contributed by atoms with Crippen molar-refractivity contribution in [2.45, 2.75) is 6.42 Å². The molecule has 0 saturated carbocycles. The minimum absolute atomic E-state index is 0.180. The van der Waals surface area contributed by atoms with Gasteiger partial charge < -0.3 is 9.64 Å². The first-order valence-electron chi connectivity index (χ1n) is 7.47. The molecule has 3 N–H and O–H groups in total. The Morgan fingerprint density at radius 3 is 2.59 bits per heavy atom. The van der Waals surface area contributed by atoms with Crippen molar-refractivity contribution >= 4 is 17.9 Å². The highest BCUT2D eigenvalue weighted by molar-refractivity contribution is 5.93. The van der Waals surface area contributed by atoms with Crippen LogP contribution in [0.3, 0.4) is 0 Å². The summed E-state index contributed by atoms with van der Waals surface area (Å²) < 4.78 is 5.26. The molecule has 1 aliphatic heterocycles. The highest BCUT2D eigenvalue weighted by Gasteiger charge is 2.15. The van der Waals surface area contributed by atoms with Crippen molar-refractivity contribution in [3.05, 3.63) is 42.0 Å². The van der Waals surface area contributed by atoms with Crippen molar-refractivity contribution in [1.82, 2.24) is 10.9 Å². The molecule has 1 fully saturated rings. The van der Waals surface area contributed by atoms with Gasteiger partial charge >= 0.3 is 0 Å². The number of rotatable bonds is 5. The molecule has 6 nitrogen and oxygen atoms in total. The van der Waals surface area contributed by atoms with Crippen LogP contribution in [-0.4, -0.2) is 44.7 Å². The number of hydrazine groups is 1. The largest absolute Gasteiger partial charge is 0.370 e. The Morgan fingerprint density at radius 2 is 1.86 bits per heavy atom. The van der Waals surface area contributed by atoms with Crippen LogP contribution in [-0.2, 0) is 14.3 Å². The second-order valence-corrected chi connectivity index (χ2v) is 5.14. The van der Waals surface area contributed by atoms with Gasteiger partial charge in [0.15, 0.2) is 0 Å². The number of benzene rings is 1. The quantitative estimate of drug-likeness (QED) is 0.490. The number of ether oxygens (including phenoxy) is 1. The van der Waals surface area contributed by atoms with Gasteiger partial charge in [-0.05, 0) is 11.6 Å². The Bertz CT molecular complexity index is 511. The summed E-state index contributed by atoms with van der Waals surface area (Å²) in [6.07, 6.45) is 3.47. The lowest BCUT2D eigenvalue weighted by Gasteiger charge is -2.23. The summed E-state index contributed by atoms with van der Waals surface area (Å²) >= 11 is 0. The molecule has 1 saturated heterocycles. The maximum Gasteiger partial charge on any atom is 0.262 e. The van der Waals surface area contributed by atoms with E-state index in [1.54, 1.807) is 6.08 Å². The lowest BCUT2D eigenvalue weighted by Crippen LogP contribution is -3.14. The molecule has 1 aliphatic rings. The van der Waals surface area contributed by atoms with E-state index in [0.717, 1.165) is 38.4 Å². The molecule has 0 unspecified atom stereocenters. The first-order valence-corrected chi connectivity index (χ1v) is 7.47. The van der Waals surface area contributed by atoms with Gasteiger partial charge in [-0.2, -0.15) is 0 Å². The monoisotopic (exact) mass is 304 g/mol. The molecule has 1 aromatic carbocycles. The van der Waals surface area contributed by atoms with Crippen molar-refractivity contribution in [3.63, 3.8) is 0 Å². The summed E-state index contributed by atoms with van der Waals surface area (Å²) in [5.74, 6) is -0.531. The zero-order chi connectivity index (χ0) is 15.6. The molecule has 0 atom stereocenters. The number of carbonyl (C=O) groups is 2. The molecule has 0 aliphatic carbocycles. The Morgan fingerprint density at radius 1 is 1.14 bits per heavy atom. The first-order chi connectivity index (χ1) is 10.7. The van der Waals surface area contributed by atoms with Crippen molar-refractivity contribution in [2.75, 3.05) is 32.8 Å². The van der Waals surface area contributed by atoms with Gasteiger partial charge in [0.2, 0.25) is 5.91 Å². The molecule has 22 heavy (non-hydrogen) atoms. The fourth-order valence-corrected chi connectivity index (χ4v) is 2.17. The zero-order valence-electron chi connectivity index (χ0n) is 12.5. The molecular formula is C16H22N3O3+. The highest BCUT2D eigenvalue weighted by atomic mass is 16.5. The van der Waals surface area contributed by atoms with Gasteiger partial charge in [0.25, 0.3) is 5.91 Å². The minimum atomic E-state index is -0.351. The molecule has 1 aromatic rings. The molecule has 0 spiro atoms. The number of amides is 2. The molecule has 6 heteroatoms. The van der Waals surface area contributed by atoms with Crippen LogP contribution in [0.1, 0.15) is 12.0 Å². The molecule has 0 bridgehead atoms. The SMILES string of the molecule is O=C(/C=C/c1ccccc1)NNC(=O)CC[NH+]1CCOCC1. The predicted octanol–water partition coefficient (Wildman–Crippen LogP) is -0.848. The summed E-state index contributed by atoms with van der Waals surface area (Å²) in [5, 5.41) is 0. The maximum atomic E-state index is 11.7. The number of morpholine rings is 1. The van der Waals surface area contributed by atoms with E-state index in [4.69, 9.17) is 4.74 Å². The van der Waals surface area contributed by atoms with Crippen LogP contribution in [0.2, 0.25) is 0 Å². The zero-order valence-corrected chi connectivity index (χ0v) is 12.5. The van der Waals surface area contributed by atoms with E-state index in [0.29, 0.717) is 6.42 Å². The first kappa shape index (κ1) is 16.2. The van der Waals surface area contributed by atoms with E-state index in [2.05, 4.69) is 10.9 Å². The normalized spacial score (nSPS) is 15.6. The minimum Gasteiger partial charge on any atom is -0.370 e. The third-order valence-electron chi connectivity index (χ3n) is 3.46. The Hall–Kier alpha value is -2.18. The summed E-state index contributed by atoms with van der Waals surface area (Å²) in [6.45, 7) is 4.11. The molecule has 118 valence electrons. The fourth-order valence-electron chi connectivity index (χ4n) is 2.17. The standard InChI is InChI=1S/C16H21N3O3/c20-15(7-6-14-4-2-1-3-5-14)17-18-16(21)8-9-19-10-12-22-13-11-19/h1-7H,8-13H2,(H,17,20)(H,18,21)/p+1/b7-6+. The topological polar surface area (TPSA) is 71.9 Å². The second kappa shape index (κ2) is 8.96. The highest BCUT2D eigenvalue weighted by Crippen LogP contribution is 2.00. The molecule has 0 radical (unpaired) electrons. The Labute approximate surface area is 130 Å². The smallest absolute Gasteiger partial charge is 0.262 e. The van der Waals surface area contributed by atoms with Gasteiger partial charge in [-0.3, -0.25) is 20.4 Å². The Kier molecular flexibility index (Phi) is 6.60. The predicted molar refractivity (Wildman–Crippen MR) is 82.8 cm³/mol. The van der Waals surface area contributed by atoms with E-state index in [9.17, 15) is 9.59 Å². The van der Waals surface area contributed by atoms with Crippen molar-refractivity contribution < 1.29 is 19.2 Å². The molecule has 2 amide bonds. The van der Waals surface area contributed by atoms with Gasteiger partial charge in [-0.15, -0.1) is 0 Å². The van der Waals surface area contributed by atoms with Crippen molar-refractivity contribution in [3.8, 4) is 0 Å². The van der Waals surface area contributed by atoms with E-state index in [-0.39, 0.29) is 11.8 Å². The third-order valence-corrected chi connectivity index (χ3v) is 3.46.